The van der Waals surface area contributed by atoms with E-state index in [2.05, 4.69) is 10.3 Å². The third-order valence-electron chi connectivity index (χ3n) is 4.18. The van der Waals surface area contributed by atoms with Gasteiger partial charge in [-0.2, -0.15) is 0 Å². The van der Waals surface area contributed by atoms with E-state index in [4.69, 9.17) is 21.1 Å². The van der Waals surface area contributed by atoms with Crippen LogP contribution in [-0.2, 0) is 16.0 Å². The molecular weight excluding hydrogens is 294 g/mol. The van der Waals surface area contributed by atoms with Gasteiger partial charge in [0.2, 0.25) is 0 Å². The minimum atomic E-state index is 0.436. The molecule has 0 radical (unpaired) electrons. The monoisotopic (exact) mass is 315 g/mol. The Morgan fingerprint density at radius 3 is 2.85 bits per heavy atom. The number of piperidine rings is 1. The first-order valence-electron chi connectivity index (χ1n) is 7.45. The lowest BCUT2D eigenvalue weighted by molar-refractivity contribution is -0.0115. The predicted molar refractivity (Wildman–Crippen MR) is 82.5 cm³/mol. The number of thiophene rings is 1. The van der Waals surface area contributed by atoms with Gasteiger partial charge in [0.15, 0.2) is 0 Å². The van der Waals surface area contributed by atoms with Crippen LogP contribution in [0.1, 0.15) is 24.1 Å². The fraction of sp³-hybridized carbons (Fsp3) is 0.733. The molecule has 0 unspecified atom stereocenters. The van der Waals surface area contributed by atoms with Gasteiger partial charge in [0.25, 0.3) is 0 Å². The summed E-state index contributed by atoms with van der Waals surface area (Å²) < 4.78 is 11.4. The van der Waals surface area contributed by atoms with Crippen molar-refractivity contribution in [3.63, 3.8) is 0 Å². The highest BCUT2D eigenvalue weighted by Crippen LogP contribution is 2.25. The van der Waals surface area contributed by atoms with Crippen molar-refractivity contribution in [2.24, 2.45) is 5.92 Å². The van der Waals surface area contributed by atoms with Crippen molar-refractivity contribution in [1.82, 2.24) is 4.90 Å². The second-order valence-corrected chi connectivity index (χ2v) is 7.14. The topological polar surface area (TPSA) is 21.7 Å². The van der Waals surface area contributed by atoms with Crippen LogP contribution in [0.15, 0.2) is 11.4 Å². The smallest absolute Gasteiger partial charge is 0.0599 e. The molecule has 0 saturated carbocycles. The quantitative estimate of drug-likeness (QED) is 0.831. The molecule has 3 nitrogen and oxygen atoms in total. The highest BCUT2D eigenvalue weighted by Gasteiger charge is 2.23. The molecule has 0 spiro atoms. The van der Waals surface area contributed by atoms with Crippen LogP contribution in [0.2, 0.25) is 5.02 Å². The van der Waals surface area contributed by atoms with Crippen molar-refractivity contribution in [2.45, 2.75) is 31.9 Å². The average molecular weight is 316 g/mol. The summed E-state index contributed by atoms with van der Waals surface area (Å²) >= 11 is 7.91. The van der Waals surface area contributed by atoms with Gasteiger partial charge in [0, 0.05) is 37.0 Å². The summed E-state index contributed by atoms with van der Waals surface area (Å²) in [5.74, 6) is 0.623. The fourth-order valence-electron chi connectivity index (χ4n) is 2.86. The first-order chi connectivity index (χ1) is 9.81. The summed E-state index contributed by atoms with van der Waals surface area (Å²) in [5.41, 5.74) is 0. The first kappa shape index (κ1) is 14.8. The SMILES string of the molecule is Clc1ccsc1CN1CCC(OC[C@@H]2CCOC2)CC1. The lowest BCUT2D eigenvalue weighted by Gasteiger charge is -2.32. The van der Waals surface area contributed by atoms with Crippen molar-refractivity contribution >= 4 is 22.9 Å². The molecule has 1 atom stereocenters. The molecule has 5 heteroatoms. The molecule has 1 aromatic heterocycles. The van der Waals surface area contributed by atoms with Crippen LogP contribution >= 0.6 is 22.9 Å². The zero-order valence-corrected chi connectivity index (χ0v) is 13.3. The maximum atomic E-state index is 6.16. The van der Waals surface area contributed by atoms with Gasteiger partial charge in [-0.25, -0.2) is 0 Å². The van der Waals surface area contributed by atoms with Crippen LogP contribution in [0.3, 0.4) is 0 Å². The van der Waals surface area contributed by atoms with E-state index < -0.39 is 0 Å². The highest BCUT2D eigenvalue weighted by molar-refractivity contribution is 7.10. The van der Waals surface area contributed by atoms with E-state index in [9.17, 15) is 0 Å². The summed E-state index contributed by atoms with van der Waals surface area (Å²) in [7, 11) is 0. The average Bonchev–Trinajstić information content (AvgIpc) is 3.11. The van der Waals surface area contributed by atoms with Crippen molar-refractivity contribution in [3.8, 4) is 0 Å². The standard InChI is InChI=1S/C15H22ClNO2S/c16-14-4-8-20-15(14)9-17-5-1-13(2-6-17)19-11-12-3-7-18-10-12/h4,8,12-13H,1-3,5-7,9-11H2/t12-/m1/s1. The van der Waals surface area contributed by atoms with Crippen molar-refractivity contribution in [2.75, 3.05) is 32.9 Å². The van der Waals surface area contributed by atoms with E-state index in [1.54, 1.807) is 11.3 Å². The molecule has 20 heavy (non-hydrogen) atoms. The fourth-order valence-corrected chi connectivity index (χ4v) is 4.00. The number of ether oxygens (including phenoxy) is 2. The summed E-state index contributed by atoms with van der Waals surface area (Å²) in [6.07, 6.45) is 3.87. The van der Waals surface area contributed by atoms with E-state index in [1.807, 2.05) is 6.07 Å². The van der Waals surface area contributed by atoms with E-state index in [0.717, 1.165) is 63.7 Å². The Balaban J connectivity index is 1.37. The van der Waals surface area contributed by atoms with Gasteiger partial charge in [-0.15, -0.1) is 11.3 Å². The van der Waals surface area contributed by atoms with Crippen LogP contribution in [0.25, 0.3) is 0 Å². The van der Waals surface area contributed by atoms with Gasteiger partial charge >= 0.3 is 0 Å². The van der Waals surface area contributed by atoms with E-state index in [0.29, 0.717) is 12.0 Å². The number of hydrogen-bond donors (Lipinski definition) is 0. The van der Waals surface area contributed by atoms with Gasteiger partial charge in [0.05, 0.1) is 24.3 Å². The van der Waals surface area contributed by atoms with Crippen molar-refractivity contribution < 1.29 is 9.47 Å². The molecule has 3 heterocycles. The van der Waals surface area contributed by atoms with Gasteiger partial charge < -0.3 is 9.47 Å². The molecule has 0 bridgehead atoms. The number of likely N-dealkylation sites (tertiary alicyclic amines) is 1. The van der Waals surface area contributed by atoms with Gasteiger partial charge in [0.1, 0.15) is 0 Å². The molecule has 112 valence electrons. The van der Waals surface area contributed by atoms with Crippen LogP contribution in [0, 0.1) is 5.92 Å². The van der Waals surface area contributed by atoms with Crippen molar-refractivity contribution in [3.05, 3.63) is 21.3 Å². The van der Waals surface area contributed by atoms with Crippen molar-refractivity contribution in [1.29, 1.82) is 0 Å². The molecule has 1 aromatic rings. The van der Waals surface area contributed by atoms with E-state index >= 15 is 0 Å². The zero-order chi connectivity index (χ0) is 13.8. The Bertz CT molecular complexity index is 412. The predicted octanol–water partition coefficient (Wildman–Crippen LogP) is 3.42. The Labute approximate surface area is 129 Å². The zero-order valence-electron chi connectivity index (χ0n) is 11.7. The molecular formula is C15H22ClNO2S. The highest BCUT2D eigenvalue weighted by atomic mass is 35.5. The van der Waals surface area contributed by atoms with Gasteiger partial charge in [-0.05, 0) is 30.7 Å². The first-order valence-corrected chi connectivity index (χ1v) is 8.70. The third kappa shape index (κ3) is 3.95. The van der Waals surface area contributed by atoms with Gasteiger partial charge in [-0.1, -0.05) is 11.6 Å². The second kappa shape index (κ2) is 7.23. The Kier molecular flexibility index (Phi) is 5.35. The molecule has 3 rings (SSSR count). The molecule has 0 aromatic carbocycles. The van der Waals surface area contributed by atoms with E-state index in [-0.39, 0.29) is 0 Å². The number of hydrogen-bond acceptors (Lipinski definition) is 4. The van der Waals surface area contributed by atoms with Crippen LogP contribution in [0.5, 0.6) is 0 Å². The molecule has 0 amide bonds. The minimum Gasteiger partial charge on any atom is -0.381 e. The van der Waals surface area contributed by atoms with Gasteiger partial charge in [-0.3, -0.25) is 4.90 Å². The summed E-state index contributed by atoms with van der Waals surface area (Å²) in [5, 5.41) is 2.98. The maximum absolute atomic E-state index is 6.16. The molecule has 2 fully saturated rings. The maximum Gasteiger partial charge on any atom is 0.0599 e. The van der Waals surface area contributed by atoms with E-state index in [1.165, 1.54) is 4.88 Å². The minimum absolute atomic E-state index is 0.436. The molecule has 0 aliphatic carbocycles. The molecule has 2 aliphatic rings. The lowest BCUT2D eigenvalue weighted by atomic mass is 10.1. The Hall–Kier alpha value is -0.130. The lowest BCUT2D eigenvalue weighted by Crippen LogP contribution is -2.37. The largest absolute Gasteiger partial charge is 0.381 e. The van der Waals surface area contributed by atoms with Crippen LogP contribution < -0.4 is 0 Å². The normalized spacial score (nSPS) is 25.4. The third-order valence-corrected chi connectivity index (χ3v) is 5.56. The Morgan fingerprint density at radius 2 is 2.20 bits per heavy atom. The number of rotatable bonds is 5. The van der Waals surface area contributed by atoms with Crippen LogP contribution in [-0.4, -0.2) is 43.9 Å². The van der Waals surface area contributed by atoms with Crippen LogP contribution in [0.4, 0.5) is 0 Å². The molecule has 2 aliphatic heterocycles. The summed E-state index contributed by atoms with van der Waals surface area (Å²) in [6.45, 7) is 5.88. The summed E-state index contributed by atoms with van der Waals surface area (Å²) in [6, 6.07) is 1.99. The molecule has 2 saturated heterocycles. The molecule has 0 N–H and O–H groups in total. The summed E-state index contributed by atoms with van der Waals surface area (Å²) in [4.78, 5) is 3.77. The number of halogens is 1. The Morgan fingerprint density at radius 1 is 1.35 bits per heavy atom. The number of nitrogens with zero attached hydrogens (tertiary/aromatic N) is 1. The second-order valence-electron chi connectivity index (χ2n) is 5.73.